The molecule has 3 fully saturated rings. The summed E-state index contributed by atoms with van der Waals surface area (Å²) in [5.41, 5.74) is 30.1. The van der Waals surface area contributed by atoms with Gasteiger partial charge in [0.2, 0.25) is 0 Å². The highest BCUT2D eigenvalue weighted by atomic mass is 16.7. The van der Waals surface area contributed by atoms with E-state index in [9.17, 15) is 25.5 Å². The molecule has 14 heteroatoms. The van der Waals surface area contributed by atoms with Gasteiger partial charge in [-0.25, -0.2) is 0 Å². The van der Waals surface area contributed by atoms with Gasteiger partial charge in [0.15, 0.2) is 12.6 Å². The van der Waals surface area contributed by atoms with Crippen molar-refractivity contribution in [3.63, 3.8) is 0 Å². The molecule has 3 aliphatic rings. The van der Waals surface area contributed by atoms with Crippen LogP contribution in [0.25, 0.3) is 0 Å². The highest BCUT2D eigenvalue weighted by molar-refractivity contribution is 5.05. The smallest absolute Gasteiger partial charge is 0.186 e. The second kappa shape index (κ2) is 11.5. The summed E-state index contributed by atoms with van der Waals surface area (Å²) in [5.74, 6) is -0.862. The van der Waals surface area contributed by atoms with Crippen molar-refractivity contribution in [1.29, 1.82) is 0 Å². The van der Waals surface area contributed by atoms with Crippen molar-refractivity contribution < 1.29 is 44.5 Å². The van der Waals surface area contributed by atoms with Crippen LogP contribution in [-0.4, -0.2) is 125 Å². The van der Waals surface area contributed by atoms with E-state index in [1.165, 1.54) is 0 Å². The summed E-state index contributed by atoms with van der Waals surface area (Å²) in [4.78, 5) is 0. The van der Waals surface area contributed by atoms with Crippen LogP contribution in [0.2, 0.25) is 0 Å². The quantitative estimate of drug-likeness (QED) is 0.162. The van der Waals surface area contributed by atoms with Crippen molar-refractivity contribution >= 4 is 0 Å². The lowest BCUT2D eigenvalue weighted by Gasteiger charge is -2.50. The summed E-state index contributed by atoms with van der Waals surface area (Å²) in [7, 11) is 0. The van der Waals surface area contributed by atoms with E-state index in [1.54, 1.807) is 0 Å². The van der Waals surface area contributed by atoms with Gasteiger partial charge in [-0.2, -0.15) is 0 Å². The average Bonchev–Trinajstić information content (AvgIpc) is 2.81. The first-order chi connectivity index (χ1) is 15.6. The van der Waals surface area contributed by atoms with E-state index in [1.807, 2.05) is 0 Å². The first-order valence-corrected chi connectivity index (χ1v) is 11.2. The van der Waals surface area contributed by atoms with Gasteiger partial charge in [0.1, 0.15) is 18.3 Å². The number of rotatable bonds is 7. The highest BCUT2D eigenvalue weighted by Crippen LogP contribution is 2.34. The minimum Gasteiger partial charge on any atom is -0.396 e. The summed E-state index contributed by atoms with van der Waals surface area (Å²) in [6.45, 7) is -0.784. The van der Waals surface area contributed by atoms with Crippen molar-refractivity contribution in [3.8, 4) is 0 Å². The summed E-state index contributed by atoms with van der Waals surface area (Å²) < 4.78 is 23.2. The van der Waals surface area contributed by atoms with Crippen LogP contribution in [0.5, 0.6) is 0 Å². The van der Waals surface area contributed by atoms with E-state index in [4.69, 9.17) is 47.6 Å². The Morgan fingerprint density at radius 2 is 1.33 bits per heavy atom. The second-order valence-electron chi connectivity index (χ2n) is 9.08. The Morgan fingerprint density at radius 1 is 0.727 bits per heavy atom. The van der Waals surface area contributed by atoms with Crippen LogP contribution in [0.3, 0.4) is 0 Å². The molecular weight excluding hydrogens is 442 g/mol. The molecule has 14 atom stereocenters. The molecule has 0 radical (unpaired) electrons. The summed E-state index contributed by atoms with van der Waals surface area (Å²) in [6, 6.07) is -3.73. The van der Waals surface area contributed by atoms with Gasteiger partial charge in [-0.05, 0) is 12.8 Å². The Kier molecular flexibility index (Phi) is 9.38. The summed E-state index contributed by atoms with van der Waals surface area (Å²) in [5, 5.41) is 50.8. The van der Waals surface area contributed by atoms with E-state index in [2.05, 4.69) is 0 Å². The molecule has 0 aromatic carbocycles. The fraction of sp³-hybridized carbons (Fsp3) is 1.00. The van der Waals surface area contributed by atoms with Crippen molar-refractivity contribution in [1.82, 2.24) is 0 Å². The SMILES string of the molecule is NCC1CCC(N)[C@@H](OC2C(CO)[C@@H](O[C@H]3OC(CO)[C@@H](O)C(N)C3O)C(N)C(O)[C@@H]2N)O1. The van der Waals surface area contributed by atoms with Crippen molar-refractivity contribution in [2.75, 3.05) is 19.8 Å². The van der Waals surface area contributed by atoms with Crippen LogP contribution >= 0.6 is 0 Å². The van der Waals surface area contributed by atoms with Gasteiger partial charge in [0, 0.05) is 12.5 Å². The first kappa shape index (κ1) is 27.0. The molecule has 3 rings (SSSR count). The molecule has 2 aliphatic heterocycles. The monoisotopic (exact) mass is 481 g/mol. The van der Waals surface area contributed by atoms with E-state index in [0.717, 1.165) is 0 Å². The van der Waals surface area contributed by atoms with E-state index in [0.29, 0.717) is 12.8 Å². The maximum absolute atomic E-state index is 10.7. The Hall–Kier alpha value is -0.560. The van der Waals surface area contributed by atoms with Crippen LogP contribution in [0.1, 0.15) is 12.8 Å². The van der Waals surface area contributed by atoms with Crippen molar-refractivity contribution in [2.45, 2.75) is 92.3 Å². The van der Waals surface area contributed by atoms with Crippen molar-refractivity contribution in [2.24, 2.45) is 34.6 Å². The Bertz CT molecular complexity index is 622. The number of nitrogens with two attached hydrogens (primary N) is 5. The Labute approximate surface area is 191 Å². The van der Waals surface area contributed by atoms with E-state index < -0.39 is 92.5 Å². The maximum Gasteiger partial charge on any atom is 0.186 e. The molecule has 0 spiro atoms. The zero-order valence-corrected chi connectivity index (χ0v) is 18.4. The normalized spacial score (nSPS) is 51.5. The van der Waals surface area contributed by atoms with Crippen molar-refractivity contribution in [3.05, 3.63) is 0 Å². The first-order valence-electron chi connectivity index (χ1n) is 11.2. The number of ether oxygens (including phenoxy) is 4. The molecule has 2 heterocycles. The zero-order valence-electron chi connectivity index (χ0n) is 18.4. The molecule has 194 valence electrons. The van der Waals surface area contributed by atoms with Crippen LogP contribution in [0.15, 0.2) is 0 Å². The van der Waals surface area contributed by atoms with Gasteiger partial charge in [0.25, 0.3) is 0 Å². The Balaban J connectivity index is 1.79. The zero-order chi connectivity index (χ0) is 24.4. The molecule has 0 aromatic heterocycles. The number of hydrogen-bond donors (Lipinski definition) is 10. The van der Waals surface area contributed by atoms with Gasteiger partial charge in [-0.3, -0.25) is 0 Å². The minimum atomic E-state index is -1.47. The molecule has 0 aromatic rings. The summed E-state index contributed by atoms with van der Waals surface area (Å²) in [6.07, 6.45) is -8.54. The molecule has 33 heavy (non-hydrogen) atoms. The number of aliphatic hydroxyl groups is 5. The third-order valence-electron chi connectivity index (χ3n) is 6.88. The van der Waals surface area contributed by atoms with Gasteiger partial charge in [0.05, 0.1) is 61.8 Å². The van der Waals surface area contributed by atoms with E-state index >= 15 is 0 Å². The standard InChI is InChI=1S/C19H39N5O9/c20-3-6-1-2-8(21)18(30-6)32-16-7(4-25)17(12(24)14(28)11(16)23)33-19-15(29)10(22)13(27)9(5-26)31-19/h6-19,25-29H,1-5,20-24H2/t6?,7?,8?,9?,10?,11-,12?,13+,14?,15?,16?,17+,18+,19+/m0/s1. The topological polar surface area (TPSA) is 268 Å². The highest BCUT2D eigenvalue weighted by Gasteiger charge is 2.53. The van der Waals surface area contributed by atoms with Gasteiger partial charge in [-0.15, -0.1) is 0 Å². The van der Waals surface area contributed by atoms with Crippen LogP contribution < -0.4 is 28.7 Å². The molecule has 1 saturated carbocycles. The fourth-order valence-electron chi connectivity index (χ4n) is 4.71. The number of aliphatic hydroxyl groups excluding tert-OH is 5. The largest absolute Gasteiger partial charge is 0.396 e. The molecule has 14 nitrogen and oxygen atoms in total. The van der Waals surface area contributed by atoms with Crippen LogP contribution in [0.4, 0.5) is 0 Å². The lowest BCUT2D eigenvalue weighted by Crippen LogP contribution is -2.71. The predicted molar refractivity (Wildman–Crippen MR) is 113 cm³/mol. The molecule has 2 saturated heterocycles. The molecule has 1 aliphatic carbocycles. The third kappa shape index (κ3) is 5.49. The second-order valence-corrected chi connectivity index (χ2v) is 9.08. The summed E-state index contributed by atoms with van der Waals surface area (Å²) >= 11 is 0. The molecule has 0 amide bonds. The van der Waals surface area contributed by atoms with Gasteiger partial charge >= 0.3 is 0 Å². The molecule has 0 bridgehead atoms. The third-order valence-corrected chi connectivity index (χ3v) is 6.88. The molecule has 9 unspecified atom stereocenters. The predicted octanol–water partition coefficient (Wildman–Crippen LogP) is -6.05. The van der Waals surface area contributed by atoms with Gasteiger partial charge in [-0.1, -0.05) is 0 Å². The molecule has 15 N–H and O–H groups in total. The lowest BCUT2D eigenvalue weighted by atomic mass is 9.76. The number of hydrogen-bond acceptors (Lipinski definition) is 14. The average molecular weight is 482 g/mol. The van der Waals surface area contributed by atoms with Gasteiger partial charge < -0.3 is 73.1 Å². The van der Waals surface area contributed by atoms with E-state index in [-0.39, 0.29) is 12.6 Å². The van der Waals surface area contributed by atoms with Crippen LogP contribution in [0, 0.1) is 5.92 Å². The fourth-order valence-corrected chi connectivity index (χ4v) is 4.71. The van der Waals surface area contributed by atoms with Crippen LogP contribution in [-0.2, 0) is 18.9 Å². The minimum absolute atomic E-state index is 0.254. The lowest BCUT2D eigenvalue weighted by molar-refractivity contribution is -0.313. The maximum atomic E-state index is 10.7. The molecular formula is C19H39N5O9. The Morgan fingerprint density at radius 3 is 1.88 bits per heavy atom.